The van der Waals surface area contributed by atoms with Crippen LogP contribution in [0, 0.1) is 23.2 Å². The number of amides is 1. The van der Waals surface area contributed by atoms with Gasteiger partial charge in [-0.05, 0) is 80.8 Å². The maximum Gasteiger partial charge on any atom is 0.277 e. The molecule has 4 aliphatic rings. The highest BCUT2D eigenvalue weighted by atomic mass is 16.2. The molecular weight excluding hydrogens is 352 g/mol. The van der Waals surface area contributed by atoms with E-state index in [1.54, 1.807) is 12.1 Å². The van der Waals surface area contributed by atoms with E-state index in [0.29, 0.717) is 16.3 Å². The van der Waals surface area contributed by atoms with Gasteiger partial charge >= 0.3 is 0 Å². The molecule has 148 valence electrons. The third-order valence-electron chi connectivity index (χ3n) is 7.56. The summed E-state index contributed by atoms with van der Waals surface area (Å²) in [7, 11) is 0. The minimum atomic E-state index is -0.187. The van der Waals surface area contributed by atoms with E-state index >= 15 is 0 Å². The molecule has 4 saturated carbocycles. The average molecular weight is 380 g/mol. The number of rotatable bonds is 5. The molecule has 0 aliphatic heterocycles. The number of carbonyl (C=O) groups excluding carboxylic acids is 1. The van der Waals surface area contributed by atoms with Crippen molar-refractivity contribution in [1.29, 1.82) is 0 Å². The Bertz CT molecular complexity index is 931. The van der Waals surface area contributed by atoms with Crippen molar-refractivity contribution in [2.75, 3.05) is 0 Å². The number of fused-ring (bicyclic) bond motifs is 1. The second kappa shape index (κ2) is 6.68. The van der Waals surface area contributed by atoms with Crippen LogP contribution >= 0.6 is 0 Å². The van der Waals surface area contributed by atoms with Gasteiger partial charge in [-0.25, -0.2) is 4.68 Å². The fourth-order valence-corrected chi connectivity index (χ4v) is 6.55. The summed E-state index contributed by atoms with van der Waals surface area (Å²) in [6.45, 7) is 2.45. The fourth-order valence-electron chi connectivity index (χ4n) is 6.55. The lowest BCUT2D eigenvalue weighted by Gasteiger charge is -2.59. The standard InChI is InChI=1S/C22H28N4O2/c1-14(22-11-15-8-16(12-22)10-17(9-15)13-22)23-20(27)6-7-26-21(28)18-4-2-3-5-19(18)24-25-26/h2-5,14-17H,6-13H2,1H3,(H,23,27). The number of nitrogens with zero attached hydrogens (tertiary/aromatic N) is 3. The number of carbonyl (C=O) groups is 1. The van der Waals surface area contributed by atoms with E-state index in [-0.39, 0.29) is 30.5 Å². The Morgan fingerprint density at radius 3 is 2.50 bits per heavy atom. The molecule has 4 aliphatic carbocycles. The molecule has 2 aromatic rings. The molecular formula is C22H28N4O2. The van der Waals surface area contributed by atoms with Gasteiger partial charge in [-0.1, -0.05) is 17.3 Å². The summed E-state index contributed by atoms with van der Waals surface area (Å²) in [6.07, 6.45) is 8.29. The Balaban J connectivity index is 1.23. The maximum atomic E-state index is 12.6. The van der Waals surface area contributed by atoms with Gasteiger partial charge in [0.25, 0.3) is 5.56 Å². The SMILES string of the molecule is CC(NC(=O)CCn1nnc2ccccc2c1=O)C12CC3CC(CC(C3)C1)C2. The number of nitrogens with one attached hydrogen (secondary N) is 1. The predicted octanol–water partition coefficient (Wildman–Crippen LogP) is 2.90. The van der Waals surface area contributed by atoms with Crippen molar-refractivity contribution in [3.05, 3.63) is 34.6 Å². The van der Waals surface area contributed by atoms with Gasteiger partial charge in [0.15, 0.2) is 0 Å². The van der Waals surface area contributed by atoms with Crippen molar-refractivity contribution in [3.8, 4) is 0 Å². The summed E-state index contributed by atoms with van der Waals surface area (Å²) >= 11 is 0. The van der Waals surface area contributed by atoms with Crippen molar-refractivity contribution in [3.63, 3.8) is 0 Å². The zero-order chi connectivity index (χ0) is 19.3. The highest BCUT2D eigenvalue weighted by Crippen LogP contribution is 2.61. The van der Waals surface area contributed by atoms with Gasteiger partial charge in [0.05, 0.1) is 11.9 Å². The molecule has 1 aromatic heterocycles. The molecule has 0 radical (unpaired) electrons. The first-order chi connectivity index (χ1) is 13.5. The lowest BCUT2D eigenvalue weighted by molar-refractivity contribution is -0.126. The number of hydrogen-bond donors (Lipinski definition) is 1. The highest BCUT2D eigenvalue weighted by molar-refractivity contribution is 5.77. The van der Waals surface area contributed by atoms with E-state index in [1.165, 1.54) is 43.2 Å². The van der Waals surface area contributed by atoms with E-state index in [4.69, 9.17) is 0 Å². The number of benzene rings is 1. The Morgan fingerprint density at radius 2 is 1.82 bits per heavy atom. The maximum absolute atomic E-state index is 12.6. The van der Waals surface area contributed by atoms with E-state index < -0.39 is 0 Å². The molecule has 1 atom stereocenters. The minimum Gasteiger partial charge on any atom is -0.353 e. The second-order valence-electron chi connectivity index (χ2n) is 9.45. The molecule has 6 rings (SSSR count). The first kappa shape index (κ1) is 17.8. The normalized spacial score (nSPS) is 31.8. The average Bonchev–Trinajstić information content (AvgIpc) is 2.66. The van der Waals surface area contributed by atoms with Gasteiger partial charge in [0.2, 0.25) is 5.91 Å². The first-order valence-corrected chi connectivity index (χ1v) is 10.6. The summed E-state index contributed by atoms with van der Waals surface area (Å²) in [5.41, 5.74) is 0.695. The lowest BCUT2D eigenvalue weighted by atomic mass is 9.48. The Hall–Kier alpha value is -2.24. The highest BCUT2D eigenvalue weighted by Gasteiger charge is 2.53. The van der Waals surface area contributed by atoms with Crippen LogP contribution in [0.2, 0.25) is 0 Å². The summed E-state index contributed by atoms with van der Waals surface area (Å²) in [5, 5.41) is 11.9. The predicted molar refractivity (Wildman–Crippen MR) is 107 cm³/mol. The lowest BCUT2D eigenvalue weighted by Crippen LogP contribution is -2.55. The van der Waals surface area contributed by atoms with Crippen LogP contribution in [0.15, 0.2) is 29.1 Å². The summed E-state index contributed by atoms with van der Waals surface area (Å²) in [5.74, 6) is 2.62. The van der Waals surface area contributed by atoms with E-state index in [9.17, 15) is 9.59 Å². The number of aryl methyl sites for hydroxylation is 1. The van der Waals surface area contributed by atoms with Gasteiger partial charge in [-0.15, -0.1) is 5.10 Å². The van der Waals surface area contributed by atoms with Crippen LogP contribution in [0.3, 0.4) is 0 Å². The van der Waals surface area contributed by atoms with Crippen LogP contribution in [0.4, 0.5) is 0 Å². The van der Waals surface area contributed by atoms with E-state index in [2.05, 4.69) is 22.6 Å². The zero-order valence-corrected chi connectivity index (χ0v) is 16.4. The van der Waals surface area contributed by atoms with Gasteiger partial charge in [0.1, 0.15) is 5.52 Å². The molecule has 1 heterocycles. The smallest absolute Gasteiger partial charge is 0.277 e. The quantitative estimate of drug-likeness (QED) is 0.865. The summed E-state index contributed by atoms with van der Waals surface area (Å²) in [4.78, 5) is 25.1. The topological polar surface area (TPSA) is 76.9 Å². The molecule has 6 nitrogen and oxygen atoms in total. The fraction of sp³-hybridized carbons (Fsp3) is 0.636. The molecule has 28 heavy (non-hydrogen) atoms. The van der Waals surface area contributed by atoms with Crippen molar-refractivity contribution in [2.45, 2.75) is 64.5 Å². The Labute approximate surface area is 164 Å². The molecule has 1 amide bonds. The minimum absolute atomic E-state index is 0.00473. The Morgan fingerprint density at radius 1 is 1.18 bits per heavy atom. The van der Waals surface area contributed by atoms with Crippen LogP contribution in [-0.4, -0.2) is 26.9 Å². The number of aromatic nitrogens is 3. The monoisotopic (exact) mass is 380 g/mol. The van der Waals surface area contributed by atoms with Crippen LogP contribution in [0.5, 0.6) is 0 Å². The van der Waals surface area contributed by atoms with Gasteiger partial charge < -0.3 is 5.32 Å². The van der Waals surface area contributed by atoms with Crippen LogP contribution in [0.25, 0.3) is 10.9 Å². The van der Waals surface area contributed by atoms with Crippen molar-refractivity contribution in [1.82, 2.24) is 20.3 Å². The van der Waals surface area contributed by atoms with Crippen LogP contribution in [-0.2, 0) is 11.3 Å². The van der Waals surface area contributed by atoms with Crippen molar-refractivity contribution >= 4 is 16.8 Å². The van der Waals surface area contributed by atoms with Crippen LogP contribution < -0.4 is 10.9 Å². The van der Waals surface area contributed by atoms with E-state index in [0.717, 1.165) is 17.8 Å². The number of hydrogen-bond acceptors (Lipinski definition) is 4. The van der Waals surface area contributed by atoms with Crippen molar-refractivity contribution < 1.29 is 4.79 Å². The zero-order valence-electron chi connectivity index (χ0n) is 16.4. The molecule has 4 fully saturated rings. The first-order valence-electron chi connectivity index (χ1n) is 10.6. The molecule has 1 N–H and O–H groups in total. The molecule has 0 spiro atoms. The molecule has 4 bridgehead atoms. The Kier molecular flexibility index (Phi) is 4.25. The van der Waals surface area contributed by atoms with E-state index in [1.807, 2.05) is 12.1 Å². The van der Waals surface area contributed by atoms with Gasteiger partial charge in [-0.2, -0.15) is 0 Å². The second-order valence-corrected chi connectivity index (χ2v) is 9.45. The third-order valence-corrected chi connectivity index (χ3v) is 7.56. The third kappa shape index (κ3) is 3.03. The summed E-state index contributed by atoms with van der Waals surface area (Å²) in [6, 6.07) is 7.37. The van der Waals surface area contributed by atoms with Gasteiger partial charge in [-0.3, -0.25) is 9.59 Å². The molecule has 1 unspecified atom stereocenters. The molecule has 1 aromatic carbocycles. The van der Waals surface area contributed by atoms with Crippen LogP contribution in [0.1, 0.15) is 51.9 Å². The molecule has 0 saturated heterocycles. The van der Waals surface area contributed by atoms with Gasteiger partial charge in [0, 0.05) is 12.5 Å². The van der Waals surface area contributed by atoms with Crippen molar-refractivity contribution in [2.24, 2.45) is 23.2 Å². The summed E-state index contributed by atoms with van der Waals surface area (Å²) < 4.78 is 1.30. The molecule has 6 heteroatoms. The largest absolute Gasteiger partial charge is 0.353 e.